The molecule has 0 rings (SSSR count). The molecule has 5 heteroatoms. The molecule has 0 aromatic carbocycles. The highest BCUT2D eigenvalue weighted by atomic mass is 32.0. The lowest BCUT2D eigenvalue weighted by atomic mass is 10.4. The molecule has 0 aromatic heterocycles. The van der Waals surface area contributed by atoms with Crippen LogP contribution in [0.4, 0.5) is 0 Å². The Labute approximate surface area is 64.4 Å². The van der Waals surface area contributed by atoms with E-state index in [0.29, 0.717) is 14.4 Å². The van der Waals surface area contributed by atoms with E-state index in [-0.39, 0.29) is 12.6 Å². The third kappa shape index (κ3) is 6.41. The molecule has 60 valence electrons. The average molecular weight is 182 g/mol. The number of carbonyl (C=O) groups is 1. The van der Waals surface area contributed by atoms with Crippen LogP contribution in [0.1, 0.15) is 6.92 Å². The fraction of sp³-hybridized carbons (Fsp3) is 0.800. The van der Waals surface area contributed by atoms with Gasteiger partial charge in [0.15, 0.2) is 0 Å². The Morgan fingerprint density at radius 2 is 2.50 bits per heavy atom. The lowest BCUT2D eigenvalue weighted by Crippen LogP contribution is -2.18. The Morgan fingerprint density at radius 1 is 1.90 bits per heavy atom. The molecule has 0 fully saturated rings. The van der Waals surface area contributed by atoms with Crippen LogP contribution in [-0.4, -0.2) is 29.9 Å². The molecule has 3 unspecified atom stereocenters. The Morgan fingerprint density at radius 3 is 2.90 bits per heavy atom. The SMILES string of the molecule is CC(=O)OCC(O)CPP. The van der Waals surface area contributed by atoms with E-state index in [0.717, 1.165) is 0 Å². The molecule has 3 atom stereocenters. The first kappa shape index (κ1) is 10.3. The van der Waals surface area contributed by atoms with E-state index >= 15 is 0 Å². The van der Waals surface area contributed by atoms with Gasteiger partial charge in [0, 0.05) is 6.92 Å². The van der Waals surface area contributed by atoms with Gasteiger partial charge in [0.25, 0.3) is 0 Å². The van der Waals surface area contributed by atoms with Crippen molar-refractivity contribution in [2.45, 2.75) is 13.0 Å². The van der Waals surface area contributed by atoms with E-state index in [2.05, 4.69) is 13.7 Å². The van der Waals surface area contributed by atoms with Gasteiger partial charge >= 0.3 is 5.97 Å². The molecule has 0 aliphatic heterocycles. The van der Waals surface area contributed by atoms with Crippen LogP contribution in [0.25, 0.3) is 0 Å². The van der Waals surface area contributed by atoms with Crippen molar-refractivity contribution < 1.29 is 14.6 Å². The topological polar surface area (TPSA) is 46.5 Å². The van der Waals surface area contributed by atoms with E-state index < -0.39 is 6.10 Å². The first-order chi connectivity index (χ1) is 4.66. The first-order valence-electron chi connectivity index (χ1n) is 2.91. The Balaban J connectivity index is 3.21. The number of hydrogen-bond donors (Lipinski definition) is 1. The molecular formula is C5H12O3P2. The molecule has 10 heavy (non-hydrogen) atoms. The highest BCUT2D eigenvalue weighted by molar-refractivity contribution is 8.02. The predicted octanol–water partition coefficient (Wildman–Crippen LogP) is 0.379. The van der Waals surface area contributed by atoms with Crippen LogP contribution in [-0.2, 0) is 9.53 Å². The fourth-order valence-corrected chi connectivity index (χ4v) is 1.61. The van der Waals surface area contributed by atoms with Crippen LogP contribution in [0.15, 0.2) is 0 Å². The van der Waals surface area contributed by atoms with Crippen LogP contribution in [0, 0.1) is 0 Å². The second-order valence-corrected chi connectivity index (χ2v) is 3.91. The van der Waals surface area contributed by atoms with Crippen LogP contribution in [0.2, 0.25) is 0 Å². The van der Waals surface area contributed by atoms with Crippen LogP contribution in [0.5, 0.6) is 0 Å². The van der Waals surface area contributed by atoms with Gasteiger partial charge in [-0.25, -0.2) is 0 Å². The first-order valence-corrected chi connectivity index (χ1v) is 5.93. The molecule has 0 heterocycles. The van der Waals surface area contributed by atoms with Crippen molar-refractivity contribution in [2.24, 2.45) is 0 Å². The van der Waals surface area contributed by atoms with Gasteiger partial charge in [0.2, 0.25) is 0 Å². The summed E-state index contributed by atoms with van der Waals surface area (Å²) in [5.74, 6) is -0.342. The lowest BCUT2D eigenvalue weighted by Gasteiger charge is -2.07. The van der Waals surface area contributed by atoms with Crippen LogP contribution < -0.4 is 0 Å². The fourth-order valence-electron chi connectivity index (χ4n) is 0.409. The van der Waals surface area contributed by atoms with E-state index in [1.807, 2.05) is 0 Å². The number of hydrogen-bond acceptors (Lipinski definition) is 3. The molecule has 0 spiro atoms. The Hall–Kier alpha value is 0.290. The maximum absolute atomic E-state index is 10.2. The van der Waals surface area contributed by atoms with E-state index in [9.17, 15) is 4.79 Å². The Bertz CT molecular complexity index is 107. The number of ether oxygens (including phenoxy) is 1. The monoisotopic (exact) mass is 182 g/mol. The second kappa shape index (κ2) is 6.03. The number of aliphatic hydroxyl groups is 1. The predicted molar refractivity (Wildman–Crippen MR) is 45.5 cm³/mol. The van der Waals surface area contributed by atoms with Crippen molar-refractivity contribution in [1.29, 1.82) is 0 Å². The van der Waals surface area contributed by atoms with Gasteiger partial charge in [-0.3, -0.25) is 4.79 Å². The summed E-state index contributed by atoms with van der Waals surface area (Å²) in [6, 6.07) is 0. The van der Waals surface area contributed by atoms with Gasteiger partial charge < -0.3 is 9.84 Å². The van der Waals surface area contributed by atoms with E-state index in [4.69, 9.17) is 5.11 Å². The van der Waals surface area contributed by atoms with Crippen molar-refractivity contribution in [3.05, 3.63) is 0 Å². The number of carbonyl (C=O) groups excluding carboxylic acids is 1. The maximum Gasteiger partial charge on any atom is 0.302 e. The van der Waals surface area contributed by atoms with Crippen molar-refractivity contribution >= 4 is 23.2 Å². The molecule has 0 bridgehead atoms. The molecule has 1 N–H and O–H groups in total. The third-order valence-corrected chi connectivity index (χ3v) is 2.25. The van der Waals surface area contributed by atoms with Gasteiger partial charge in [-0.15, -0.1) is 8.93 Å². The second-order valence-electron chi connectivity index (χ2n) is 1.86. The summed E-state index contributed by atoms with van der Waals surface area (Å²) < 4.78 is 4.56. The van der Waals surface area contributed by atoms with Gasteiger partial charge in [-0.1, -0.05) is 8.27 Å². The number of rotatable bonds is 4. The largest absolute Gasteiger partial charge is 0.463 e. The molecular weight excluding hydrogens is 170 g/mol. The minimum Gasteiger partial charge on any atom is -0.463 e. The summed E-state index contributed by atoms with van der Waals surface area (Å²) in [4.78, 5) is 10.2. The third-order valence-electron chi connectivity index (χ3n) is 0.832. The molecule has 0 saturated carbocycles. The zero-order chi connectivity index (χ0) is 7.98. The zero-order valence-electron chi connectivity index (χ0n) is 5.83. The summed E-state index contributed by atoms with van der Waals surface area (Å²) in [6.07, 6.45) is 0.178. The molecule has 0 aliphatic carbocycles. The summed E-state index contributed by atoms with van der Waals surface area (Å²) in [5.41, 5.74) is 0. The van der Waals surface area contributed by atoms with Crippen LogP contribution in [0.3, 0.4) is 0 Å². The maximum atomic E-state index is 10.2. The summed E-state index contributed by atoms with van der Waals surface area (Å²) >= 11 is 0. The highest BCUT2D eigenvalue weighted by Gasteiger charge is 2.03. The molecule has 3 nitrogen and oxygen atoms in total. The Kier molecular flexibility index (Phi) is 6.20. The minimum absolute atomic E-state index is 0.122. The smallest absolute Gasteiger partial charge is 0.302 e. The minimum atomic E-state index is -0.500. The van der Waals surface area contributed by atoms with Crippen molar-refractivity contribution in [3.63, 3.8) is 0 Å². The van der Waals surface area contributed by atoms with Gasteiger partial charge in [0.1, 0.15) is 6.61 Å². The van der Waals surface area contributed by atoms with Gasteiger partial charge in [0.05, 0.1) is 6.10 Å². The lowest BCUT2D eigenvalue weighted by molar-refractivity contribution is -0.143. The number of aliphatic hydroxyl groups excluding tert-OH is 1. The number of esters is 1. The summed E-state index contributed by atoms with van der Waals surface area (Å²) in [5, 5.41) is 9.01. The molecule has 0 aromatic rings. The van der Waals surface area contributed by atoms with Crippen LogP contribution >= 0.6 is 17.2 Å². The highest BCUT2D eigenvalue weighted by Crippen LogP contribution is 2.20. The average Bonchev–Trinajstić information content (AvgIpc) is 1.85. The molecule has 0 radical (unpaired) electrons. The molecule has 0 aliphatic rings. The van der Waals surface area contributed by atoms with Gasteiger partial charge in [-0.2, -0.15) is 0 Å². The standard InChI is InChI=1S/C5H12O3P2/c1-4(6)8-2-5(7)3-10-9/h5,7,10H,2-3,9H2,1H3. The van der Waals surface area contributed by atoms with Crippen molar-refractivity contribution in [2.75, 3.05) is 12.8 Å². The molecule has 0 amide bonds. The summed E-state index contributed by atoms with van der Waals surface area (Å²) in [6.45, 7) is 1.45. The zero-order valence-corrected chi connectivity index (χ0v) is 7.99. The van der Waals surface area contributed by atoms with E-state index in [1.54, 1.807) is 0 Å². The van der Waals surface area contributed by atoms with Crippen molar-refractivity contribution in [1.82, 2.24) is 0 Å². The van der Waals surface area contributed by atoms with Crippen molar-refractivity contribution in [3.8, 4) is 0 Å². The normalized spacial score (nSPS) is 13.9. The van der Waals surface area contributed by atoms with E-state index in [1.165, 1.54) is 6.92 Å². The quantitative estimate of drug-likeness (QED) is 0.505. The molecule has 0 saturated heterocycles. The van der Waals surface area contributed by atoms with Gasteiger partial charge in [-0.05, 0) is 6.16 Å². The summed E-state index contributed by atoms with van der Waals surface area (Å²) in [7, 11) is 3.14.